The largest absolute Gasteiger partial charge is 0.383 e. The molecular weight excluding hydrogens is 210 g/mol. The number of rotatable bonds is 4. The van der Waals surface area contributed by atoms with E-state index < -0.39 is 0 Å². The second-order valence-electron chi connectivity index (χ2n) is 3.68. The predicted octanol–water partition coefficient (Wildman–Crippen LogP) is 3.09. The van der Waals surface area contributed by atoms with E-state index in [4.69, 9.17) is 5.26 Å². The SMILES string of the molecule is C=CCCNc1c(C#N)cnc2ccccc12. The number of anilines is 1. The molecule has 0 saturated heterocycles. The van der Waals surface area contributed by atoms with Crippen molar-refractivity contribution in [3.63, 3.8) is 0 Å². The molecule has 1 heterocycles. The molecule has 0 bridgehead atoms. The number of aromatic nitrogens is 1. The van der Waals surface area contributed by atoms with Crippen molar-refractivity contribution in [2.75, 3.05) is 11.9 Å². The second kappa shape index (κ2) is 5.13. The molecule has 2 rings (SSSR count). The standard InChI is InChI=1S/C14H13N3/c1-2-3-8-16-14-11(9-15)10-17-13-7-5-4-6-12(13)14/h2,4-7,10H,1,3,8H2,(H,16,17). The number of pyridine rings is 1. The minimum atomic E-state index is 0.577. The highest BCUT2D eigenvalue weighted by molar-refractivity contribution is 5.93. The summed E-state index contributed by atoms with van der Waals surface area (Å²) in [5.74, 6) is 0. The van der Waals surface area contributed by atoms with Gasteiger partial charge in [0, 0.05) is 18.1 Å². The fraction of sp³-hybridized carbons (Fsp3) is 0.143. The smallest absolute Gasteiger partial charge is 0.103 e. The summed E-state index contributed by atoms with van der Waals surface area (Å²) in [5, 5.41) is 13.3. The molecule has 1 aromatic heterocycles. The van der Waals surface area contributed by atoms with Gasteiger partial charge in [0.1, 0.15) is 6.07 Å². The first-order valence-corrected chi connectivity index (χ1v) is 5.49. The lowest BCUT2D eigenvalue weighted by molar-refractivity contribution is 1.07. The van der Waals surface area contributed by atoms with E-state index in [9.17, 15) is 0 Å². The Morgan fingerprint density at radius 2 is 2.24 bits per heavy atom. The van der Waals surface area contributed by atoms with E-state index in [-0.39, 0.29) is 0 Å². The Morgan fingerprint density at radius 3 is 3.00 bits per heavy atom. The highest BCUT2D eigenvalue weighted by Gasteiger charge is 2.07. The first kappa shape index (κ1) is 11.2. The molecule has 2 aromatic rings. The lowest BCUT2D eigenvalue weighted by Gasteiger charge is -2.10. The Bertz CT molecular complexity index is 582. The maximum absolute atomic E-state index is 9.08. The second-order valence-corrected chi connectivity index (χ2v) is 3.68. The summed E-state index contributed by atoms with van der Waals surface area (Å²) in [6, 6.07) is 9.96. The van der Waals surface area contributed by atoms with E-state index in [1.165, 1.54) is 0 Å². The lowest BCUT2D eigenvalue weighted by Crippen LogP contribution is -2.03. The molecular formula is C14H13N3. The summed E-state index contributed by atoms with van der Waals surface area (Å²) in [4.78, 5) is 4.26. The van der Waals surface area contributed by atoms with Gasteiger partial charge in [-0.25, -0.2) is 0 Å². The molecule has 0 atom stereocenters. The highest BCUT2D eigenvalue weighted by atomic mass is 14.9. The zero-order valence-corrected chi connectivity index (χ0v) is 9.48. The molecule has 3 heteroatoms. The maximum Gasteiger partial charge on any atom is 0.103 e. The Labute approximate surface area is 100 Å². The molecule has 0 spiro atoms. The normalized spacial score (nSPS) is 9.82. The third-order valence-electron chi connectivity index (χ3n) is 2.55. The van der Waals surface area contributed by atoms with Crippen LogP contribution in [0, 0.1) is 11.3 Å². The first-order valence-electron chi connectivity index (χ1n) is 5.49. The molecule has 84 valence electrons. The van der Waals surface area contributed by atoms with Crippen LogP contribution < -0.4 is 5.32 Å². The van der Waals surface area contributed by atoms with Crippen LogP contribution in [0.25, 0.3) is 10.9 Å². The predicted molar refractivity (Wildman–Crippen MR) is 69.8 cm³/mol. The van der Waals surface area contributed by atoms with Gasteiger partial charge < -0.3 is 5.32 Å². The Hall–Kier alpha value is -2.34. The summed E-state index contributed by atoms with van der Waals surface area (Å²) >= 11 is 0. The van der Waals surface area contributed by atoms with Crippen molar-refractivity contribution in [1.82, 2.24) is 4.98 Å². The van der Waals surface area contributed by atoms with Crippen LogP contribution in [0.1, 0.15) is 12.0 Å². The highest BCUT2D eigenvalue weighted by Crippen LogP contribution is 2.25. The monoisotopic (exact) mass is 223 g/mol. The van der Waals surface area contributed by atoms with E-state index in [1.807, 2.05) is 30.3 Å². The van der Waals surface area contributed by atoms with Gasteiger partial charge in [0.15, 0.2) is 0 Å². The van der Waals surface area contributed by atoms with Crippen molar-refractivity contribution in [3.8, 4) is 6.07 Å². The number of nitrogens with zero attached hydrogens (tertiary/aromatic N) is 2. The van der Waals surface area contributed by atoms with E-state index in [2.05, 4.69) is 22.9 Å². The van der Waals surface area contributed by atoms with Gasteiger partial charge in [-0.05, 0) is 12.5 Å². The number of hydrogen-bond donors (Lipinski definition) is 1. The number of benzene rings is 1. The minimum Gasteiger partial charge on any atom is -0.383 e. The van der Waals surface area contributed by atoms with Crippen LogP contribution in [0.4, 0.5) is 5.69 Å². The average molecular weight is 223 g/mol. The average Bonchev–Trinajstić information content (AvgIpc) is 2.39. The van der Waals surface area contributed by atoms with Gasteiger partial charge in [-0.3, -0.25) is 4.98 Å². The van der Waals surface area contributed by atoms with Crippen LogP contribution in [-0.2, 0) is 0 Å². The fourth-order valence-corrected chi connectivity index (χ4v) is 1.72. The van der Waals surface area contributed by atoms with Crippen LogP contribution in [0.3, 0.4) is 0 Å². The van der Waals surface area contributed by atoms with Crippen LogP contribution in [0.5, 0.6) is 0 Å². The third-order valence-corrected chi connectivity index (χ3v) is 2.55. The van der Waals surface area contributed by atoms with E-state index in [0.717, 1.165) is 29.6 Å². The van der Waals surface area contributed by atoms with Crippen molar-refractivity contribution in [2.24, 2.45) is 0 Å². The molecule has 0 saturated carbocycles. The molecule has 0 aliphatic carbocycles. The van der Waals surface area contributed by atoms with E-state index >= 15 is 0 Å². The topological polar surface area (TPSA) is 48.7 Å². The van der Waals surface area contributed by atoms with E-state index in [1.54, 1.807) is 6.20 Å². The van der Waals surface area contributed by atoms with Gasteiger partial charge in [0.2, 0.25) is 0 Å². The van der Waals surface area contributed by atoms with Gasteiger partial charge in [-0.15, -0.1) is 6.58 Å². The molecule has 0 radical (unpaired) electrons. The van der Waals surface area contributed by atoms with Crippen molar-refractivity contribution >= 4 is 16.6 Å². The van der Waals surface area contributed by atoms with Gasteiger partial charge in [0.25, 0.3) is 0 Å². The summed E-state index contributed by atoms with van der Waals surface area (Å²) in [7, 11) is 0. The van der Waals surface area contributed by atoms with E-state index in [0.29, 0.717) is 5.56 Å². The van der Waals surface area contributed by atoms with Gasteiger partial charge in [-0.2, -0.15) is 5.26 Å². The van der Waals surface area contributed by atoms with Gasteiger partial charge in [0.05, 0.1) is 16.8 Å². The first-order chi connectivity index (χ1) is 8.36. The molecule has 1 N–H and O–H groups in total. The van der Waals surface area contributed by atoms with Crippen LogP contribution >= 0.6 is 0 Å². The molecule has 0 amide bonds. The molecule has 3 nitrogen and oxygen atoms in total. The van der Waals surface area contributed by atoms with Crippen LogP contribution in [0.15, 0.2) is 43.1 Å². The molecule has 0 aliphatic heterocycles. The lowest BCUT2D eigenvalue weighted by atomic mass is 10.1. The number of nitriles is 1. The fourth-order valence-electron chi connectivity index (χ4n) is 1.72. The van der Waals surface area contributed by atoms with Crippen LogP contribution in [0.2, 0.25) is 0 Å². The summed E-state index contributed by atoms with van der Waals surface area (Å²) < 4.78 is 0. The third kappa shape index (κ3) is 2.26. The van der Waals surface area contributed by atoms with Crippen molar-refractivity contribution in [3.05, 3.63) is 48.7 Å². The molecule has 0 fully saturated rings. The number of hydrogen-bond acceptors (Lipinski definition) is 3. The summed E-state index contributed by atoms with van der Waals surface area (Å²) in [6.07, 6.45) is 4.32. The van der Waals surface area contributed by atoms with Crippen molar-refractivity contribution in [1.29, 1.82) is 5.26 Å². The van der Waals surface area contributed by atoms with Crippen molar-refractivity contribution in [2.45, 2.75) is 6.42 Å². The maximum atomic E-state index is 9.08. The minimum absolute atomic E-state index is 0.577. The Kier molecular flexibility index (Phi) is 3.37. The Morgan fingerprint density at radius 1 is 1.41 bits per heavy atom. The number of para-hydroxylation sites is 1. The van der Waals surface area contributed by atoms with Gasteiger partial charge in [-0.1, -0.05) is 24.3 Å². The van der Waals surface area contributed by atoms with Gasteiger partial charge >= 0.3 is 0 Å². The van der Waals surface area contributed by atoms with Crippen LogP contribution in [-0.4, -0.2) is 11.5 Å². The van der Waals surface area contributed by atoms with Crippen molar-refractivity contribution < 1.29 is 0 Å². The quantitative estimate of drug-likeness (QED) is 0.640. The summed E-state index contributed by atoms with van der Waals surface area (Å²) in [5.41, 5.74) is 2.33. The summed E-state index contributed by atoms with van der Waals surface area (Å²) in [6.45, 7) is 4.45. The zero-order valence-electron chi connectivity index (χ0n) is 9.48. The zero-order chi connectivity index (χ0) is 12.1. The Balaban J connectivity index is 2.48. The number of fused-ring (bicyclic) bond motifs is 1. The molecule has 0 unspecified atom stereocenters. The molecule has 0 aliphatic rings. The number of nitrogens with one attached hydrogen (secondary N) is 1. The molecule has 1 aromatic carbocycles. The molecule has 17 heavy (non-hydrogen) atoms.